The Morgan fingerprint density at radius 3 is 0.617 bits per heavy atom. The Kier molecular flexibility index (Phi) is 35.4. The predicted octanol–water partition coefficient (Wildman–Crippen LogP) is 37.0. The maximum absolute atomic E-state index is 2.45. The van der Waals surface area contributed by atoms with Crippen LogP contribution in [0.4, 0.5) is 0 Å². The first kappa shape index (κ1) is 94.6. The highest BCUT2D eigenvalue weighted by molar-refractivity contribution is 5.04. The lowest BCUT2D eigenvalue weighted by molar-refractivity contribution is 0.0421. The van der Waals surface area contributed by atoms with Crippen LogP contribution in [-0.4, -0.2) is 0 Å². The smallest absolute Gasteiger partial charge is 0.0355 e. The molecule has 120 heavy (non-hydrogen) atoms. The third kappa shape index (κ3) is 27.6. The monoisotopic (exact) mass is 1650 g/mol. The summed E-state index contributed by atoms with van der Waals surface area (Å²) < 4.78 is 0. The van der Waals surface area contributed by atoms with Crippen LogP contribution in [0.1, 0.15) is 496 Å². The van der Waals surface area contributed by atoms with Gasteiger partial charge in [-0.25, -0.2) is 0 Å². The van der Waals surface area contributed by atoms with E-state index in [1.807, 2.05) is 0 Å². The van der Waals surface area contributed by atoms with Crippen molar-refractivity contribution in [3.8, 4) is 0 Å². The Bertz CT molecular complexity index is 2790. The minimum absolute atomic E-state index is 1.05. The maximum Gasteiger partial charge on any atom is -0.0355 e. The topological polar surface area (TPSA) is 0 Å². The lowest BCUT2D eigenvalue weighted by Gasteiger charge is -2.46. The van der Waals surface area contributed by atoms with E-state index < -0.39 is 0 Å². The van der Waals surface area contributed by atoms with E-state index in [2.05, 4.69) is 111 Å². The summed E-state index contributed by atoms with van der Waals surface area (Å²) in [6, 6.07) is 0. The number of fused-ring (bicyclic) bond motifs is 14. The van der Waals surface area contributed by atoms with Crippen molar-refractivity contribution in [2.75, 3.05) is 0 Å². The Labute approximate surface area is 751 Å². The minimum Gasteiger partial charge on any atom is -0.0625 e. The van der Waals surface area contributed by atoms with Crippen molar-refractivity contribution >= 4 is 0 Å². The van der Waals surface area contributed by atoms with E-state index in [1.54, 1.807) is 250 Å². The summed E-state index contributed by atoms with van der Waals surface area (Å²) in [6.45, 7) is 38.3. The van der Waals surface area contributed by atoms with Gasteiger partial charge in [0.05, 0.1) is 0 Å². The normalized spacial score (nSPS) is 51.1. The van der Waals surface area contributed by atoms with Crippen molar-refractivity contribution in [2.45, 2.75) is 496 Å². The van der Waals surface area contributed by atoms with Crippen molar-refractivity contribution in [2.24, 2.45) is 260 Å². The van der Waals surface area contributed by atoms with Crippen molar-refractivity contribution in [1.82, 2.24) is 0 Å². The molecular formula is C120H212. The van der Waals surface area contributed by atoms with Crippen molar-refractivity contribution in [3.05, 3.63) is 0 Å². The fourth-order valence-electron chi connectivity index (χ4n) is 33.1. The van der Waals surface area contributed by atoms with E-state index >= 15 is 0 Å². The van der Waals surface area contributed by atoms with Gasteiger partial charge in [-0.05, 0) is 479 Å². The summed E-state index contributed by atoms with van der Waals surface area (Å²) in [5.74, 6) is 50.1. The second-order valence-corrected chi connectivity index (χ2v) is 53.5. The van der Waals surface area contributed by atoms with Crippen molar-refractivity contribution in [3.63, 3.8) is 0 Å². The molecule has 0 nitrogen and oxygen atoms in total. The quantitative estimate of drug-likeness (QED) is 0.227. The summed E-state index contributed by atoms with van der Waals surface area (Å²) in [6.07, 6.45) is 92.2. The molecule has 0 spiro atoms. The lowest BCUT2D eigenvalue weighted by Crippen LogP contribution is -2.36. The highest BCUT2D eigenvalue weighted by atomic mass is 14.6. The summed E-state index contributed by atoms with van der Waals surface area (Å²) in [5, 5.41) is 0. The van der Waals surface area contributed by atoms with Gasteiger partial charge in [-0.2, -0.15) is 0 Å². The Morgan fingerprint density at radius 1 is 0.100 bits per heavy atom. The molecule has 0 radical (unpaired) electrons. The van der Waals surface area contributed by atoms with Gasteiger partial charge in [0.25, 0.3) is 0 Å². The van der Waals surface area contributed by atoms with E-state index in [-0.39, 0.29) is 0 Å². The minimum atomic E-state index is 1.05. The second kappa shape index (κ2) is 44.9. The molecule has 0 N–H and O–H groups in total. The van der Waals surface area contributed by atoms with Crippen LogP contribution < -0.4 is 0 Å². The molecule has 0 bridgehead atoms. The molecule has 30 saturated carbocycles. The fraction of sp³-hybridized carbons (Fsp3) is 1.00. The predicted molar refractivity (Wildman–Crippen MR) is 521 cm³/mol. The maximum atomic E-state index is 2.45. The zero-order chi connectivity index (χ0) is 83.8. The molecule has 0 heterocycles. The van der Waals surface area contributed by atoms with Crippen LogP contribution in [0.2, 0.25) is 0 Å². The van der Waals surface area contributed by atoms with E-state index in [4.69, 9.17) is 0 Å². The molecule has 30 aliphatic carbocycles. The third-order valence-electron chi connectivity index (χ3n) is 44.1. The first-order valence-electron chi connectivity index (χ1n) is 58.0. The summed E-state index contributed by atoms with van der Waals surface area (Å²) in [4.78, 5) is 0. The summed E-state index contributed by atoms with van der Waals surface area (Å²) >= 11 is 0. The average Bonchev–Trinajstić information content (AvgIpc) is 1.67. The zero-order valence-electron chi connectivity index (χ0n) is 83.8. The largest absolute Gasteiger partial charge is 0.0625 e. The SMILES string of the molecule is CC1C2CCC12.CC1C2CCCC12.CC1C2CCCCC12.CC1CC1.CC1CC2CC12.CC1CC2CC2C1.CC1CC2CCC2C1.CC1CC2CCCCC12.CC1CC2CCCCC2C1.CC1CCC1.CC1CCC2CC12.CC1CCC2CC2C1.CC1CCC2CCC12.CC1CCC2CCC2C1.CC1CCC2CCCCC12.CC1CCCC2CC12. The molecule has 30 rings (SSSR count). The Morgan fingerprint density at radius 2 is 0.333 bits per heavy atom. The molecule has 30 aliphatic rings. The fourth-order valence-corrected chi connectivity index (χ4v) is 33.1. The van der Waals surface area contributed by atoms with Crippen LogP contribution in [0.15, 0.2) is 0 Å². The van der Waals surface area contributed by atoms with Gasteiger partial charge in [0.2, 0.25) is 0 Å². The molecule has 36 atom stereocenters. The lowest BCUT2D eigenvalue weighted by atomic mass is 9.59. The van der Waals surface area contributed by atoms with E-state index in [9.17, 15) is 0 Å². The van der Waals surface area contributed by atoms with E-state index in [1.165, 1.54) is 253 Å². The van der Waals surface area contributed by atoms with Crippen LogP contribution in [0.25, 0.3) is 0 Å². The summed E-state index contributed by atoms with van der Waals surface area (Å²) in [7, 11) is 0. The number of rotatable bonds is 0. The molecule has 0 aliphatic heterocycles. The van der Waals surface area contributed by atoms with Gasteiger partial charge >= 0.3 is 0 Å². The molecule has 36 unspecified atom stereocenters. The number of hydrogen-bond acceptors (Lipinski definition) is 0. The third-order valence-corrected chi connectivity index (χ3v) is 44.1. The Hall–Kier alpha value is 0. The first-order chi connectivity index (χ1) is 58.0. The van der Waals surface area contributed by atoms with Crippen molar-refractivity contribution in [1.29, 1.82) is 0 Å². The molecule has 0 saturated heterocycles. The van der Waals surface area contributed by atoms with Gasteiger partial charge in [-0.1, -0.05) is 278 Å². The van der Waals surface area contributed by atoms with Crippen LogP contribution in [0, 0.1) is 260 Å². The van der Waals surface area contributed by atoms with Crippen LogP contribution in [0.5, 0.6) is 0 Å². The molecular weight excluding hydrogens is 1440 g/mol. The molecule has 692 valence electrons. The highest BCUT2D eigenvalue weighted by Crippen LogP contribution is 2.63. The zero-order valence-corrected chi connectivity index (χ0v) is 83.8. The van der Waals surface area contributed by atoms with E-state index in [0.717, 1.165) is 142 Å². The molecule has 0 aromatic carbocycles. The van der Waals surface area contributed by atoms with Crippen LogP contribution in [0.3, 0.4) is 0 Å². The molecule has 0 aromatic heterocycles. The highest BCUT2D eigenvalue weighted by Gasteiger charge is 2.54. The first-order valence-corrected chi connectivity index (χ1v) is 58.0. The summed E-state index contributed by atoms with van der Waals surface area (Å²) in [5.41, 5.74) is 0. The average molecular weight is 1660 g/mol. The van der Waals surface area contributed by atoms with Crippen molar-refractivity contribution < 1.29 is 0 Å². The second-order valence-electron chi connectivity index (χ2n) is 53.5. The molecule has 0 heteroatoms. The van der Waals surface area contributed by atoms with Gasteiger partial charge in [0.15, 0.2) is 0 Å². The molecule has 0 amide bonds. The number of hydrogen-bond donors (Lipinski definition) is 0. The van der Waals surface area contributed by atoms with Crippen LogP contribution in [-0.2, 0) is 0 Å². The van der Waals surface area contributed by atoms with Gasteiger partial charge in [0.1, 0.15) is 0 Å². The van der Waals surface area contributed by atoms with Gasteiger partial charge < -0.3 is 0 Å². The van der Waals surface area contributed by atoms with E-state index in [0.29, 0.717) is 0 Å². The molecule has 30 fully saturated rings. The standard InChI is InChI=1S/2C10H18.2C9H16.5C8H14.3C7H12.2C6H10.C5H10.C4H8/c1-8-6-9-4-2-3-5-10(9)7-8;1-8-6-7-9-4-2-3-5-10(8)9;1-7-2-3-8-4-5-9(8)6-7;1-7-6-8-4-2-3-5-9(7)8;1-6-4-7-2-3-8(7)5-6;1-6-2-3-7-5-8(7)4-6;1-6-2-3-7-4-5-8(6)7;1-6-3-2-4-7-5-8(6)7;1-6-7-4-2-3-5-8(6)7;1-5-2-6-4-7(6)3-5;1-5-2-3-6-4-7(5)6;1-5-6-3-2-4-7(5)6;1-4-2-5-3-6(4)5;1-4-5-2-3-6(4)5;1-5-3-2-4-5;1-4-2-3-4/h2*8-10H,2-7H2,1H3;2*7-9H,2-6H2,1H3;5*6-8H,2-5H2,1H3;3*5-7H,2-4H2,1H3;2*4-6H,2-3H2,1H3;5H,2-4H2,1H3;4H,2-3H2,1H3. The van der Waals surface area contributed by atoms with Gasteiger partial charge in [0, 0.05) is 0 Å². The Balaban J connectivity index is 0.000000100. The van der Waals surface area contributed by atoms with Gasteiger partial charge in [-0.15, -0.1) is 0 Å². The molecule has 0 aromatic rings. The van der Waals surface area contributed by atoms with Crippen LogP contribution >= 0.6 is 0 Å². The van der Waals surface area contributed by atoms with Gasteiger partial charge in [-0.3, -0.25) is 0 Å².